The van der Waals surface area contributed by atoms with Crippen LogP contribution < -0.4 is 0 Å². The van der Waals surface area contributed by atoms with Crippen molar-refractivity contribution in [3.63, 3.8) is 0 Å². The Morgan fingerprint density at radius 3 is 2.85 bits per heavy atom. The second-order valence-electron chi connectivity index (χ2n) is 5.30. The van der Waals surface area contributed by atoms with Gasteiger partial charge in [-0.3, -0.25) is 4.79 Å². The summed E-state index contributed by atoms with van der Waals surface area (Å²) in [4.78, 5) is 17.8. The number of hydrogen-bond acceptors (Lipinski definition) is 5. The lowest BCUT2D eigenvalue weighted by molar-refractivity contribution is -0.127. The minimum absolute atomic E-state index is 0.0957. The molecule has 20 heavy (non-hydrogen) atoms. The van der Waals surface area contributed by atoms with E-state index in [9.17, 15) is 17.1 Å². The van der Waals surface area contributed by atoms with Gasteiger partial charge in [-0.05, 0) is 6.92 Å². The molecule has 0 N–H and O–H groups in total. The molecule has 1 aromatic rings. The van der Waals surface area contributed by atoms with Crippen molar-refractivity contribution in [3.8, 4) is 0 Å². The van der Waals surface area contributed by atoms with Crippen molar-refractivity contribution in [1.82, 2.24) is 9.88 Å². The minimum atomic E-state index is -4.52. The quantitative estimate of drug-likeness (QED) is 0.775. The number of hydrogen-bond donors (Lipinski definition) is 0. The van der Waals surface area contributed by atoms with Crippen LogP contribution in [0.4, 0.5) is 3.89 Å². The van der Waals surface area contributed by atoms with Gasteiger partial charge in [0, 0.05) is 42.4 Å². The van der Waals surface area contributed by atoms with E-state index in [1.54, 1.807) is 16.2 Å². The zero-order valence-electron chi connectivity index (χ0n) is 11.4. The molecule has 2 rings (SSSR count). The molecule has 112 valence electrons. The van der Waals surface area contributed by atoms with Gasteiger partial charge in [0.25, 0.3) is 0 Å². The standard InChI is InChI=1S/C12H17FN2O3S2/c1-8(12-14-9(2)6-19-12)4-15-5-10(3-11(15)16)7-20(13,17)18/h6,8,10H,3-5,7H2,1-2H3. The molecule has 0 saturated carbocycles. The minimum Gasteiger partial charge on any atom is -0.342 e. The predicted octanol–water partition coefficient (Wildman–Crippen LogP) is 1.70. The largest absolute Gasteiger partial charge is 0.342 e. The van der Waals surface area contributed by atoms with Gasteiger partial charge >= 0.3 is 10.2 Å². The molecule has 2 unspecified atom stereocenters. The van der Waals surface area contributed by atoms with Crippen molar-refractivity contribution in [2.24, 2.45) is 5.92 Å². The number of carbonyl (C=O) groups excluding carboxylic acids is 1. The van der Waals surface area contributed by atoms with Gasteiger partial charge in [-0.25, -0.2) is 4.98 Å². The van der Waals surface area contributed by atoms with E-state index in [0.29, 0.717) is 13.1 Å². The first kappa shape index (κ1) is 15.4. The Morgan fingerprint density at radius 2 is 2.30 bits per heavy atom. The van der Waals surface area contributed by atoms with Crippen LogP contribution in [0.15, 0.2) is 5.38 Å². The van der Waals surface area contributed by atoms with Crippen molar-refractivity contribution < 1.29 is 17.1 Å². The number of rotatable bonds is 5. The first-order valence-electron chi connectivity index (χ1n) is 6.36. The number of aryl methyl sites for hydroxylation is 1. The molecule has 1 saturated heterocycles. The van der Waals surface area contributed by atoms with Gasteiger partial charge in [0.1, 0.15) is 0 Å². The van der Waals surface area contributed by atoms with Crippen molar-refractivity contribution in [3.05, 3.63) is 16.1 Å². The fraction of sp³-hybridized carbons (Fsp3) is 0.667. The van der Waals surface area contributed by atoms with E-state index < -0.39 is 21.9 Å². The van der Waals surface area contributed by atoms with Crippen LogP contribution in [0.25, 0.3) is 0 Å². The summed E-state index contributed by atoms with van der Waals surface area (Å²) in [7, 11) is -4.52. The van der Waals surface area contributed by atoms with Crippen LogP contribution in [0.3, 0.4) is 0 Å². The van der Waals surface area contributed by atoms with Crippen molar-refractivity contribution >= 4 is 27.5 Å². The monoisotopic (exact) mass is 320 g/mol. The molecule has 0 radical (unpaired) electrons. The van der Waals surface area contributed by atoms with Gasteiger partial charge in [0.05, 0.1) is 10.8 Å². The van der Waals surface area contributed by atoms with Crippen molar-refractivity contribution in [1.29, 1.82) is 0 Å². The second kappa shape index (κ2) is 5.77. The van der Waals surface area contributed by atoms with Crippen molar-refractivity contribution in [2.75, 3.05) is 18.8 Å². The zero-order valence-corrected chi connectivity index (χ0v) is 13.0. The number of amides is 1. The van der Waals surface area contributed by atoms with Gasteiger partial charge < -0.3 is 4.90 Å². The van der Waals surface area contributed by atoms with Crippen LogP contribution >= 0.6 is 11.3 Å². The number of likely N-dealkylation sites (tertiary alicyclic amines) is 1. The van der Waals surface area contributed by atoms with E-state index in [4.69, 9.17) is 0 Å². The molecule has 0 aromatic carbocycles. The lowest BCUT2D eigenvalue weighted by Gasteiger charge is -2.20. The number of halogens is 1. The van der Waals surface area contributed by atoms with Gasteiger partial charge in [-0.1, -0.05) is 6.92 Å². The fourth-order valence-corrected chi connectivity index (χ4v) is 4.06. The smallest absolute Gasteiger partial charge is 0.302 e. The maximum absolute atomic E-state index is 12.7. The number of thiazole rings is 1. The summed E-state index contributed by atoms with van der Waals surface area (Å²) >= 11 is 1.55. The lowest BCUT2D eigenvalue weighted by Crippen LogP contribution is -2.29. The molecule has 2 heterocycles. The van der Waals surface area contributed by atoms with Crippen LogP contribution in [0, 0.1) is 12.8 Å². The molecule has 8 heteroatoms. The third-order valence-corrected chi connectivity index (χ3v) is 5.35. The van der Waals surface area contributed by atoms with Gasteiger partial charge in [0.2, 0.25) is 5.91 Å². The summed E-state index contributed by atoms with van der Waals surface area (Å²) in [6.45, 7) is 4.69. The Bertz CT molecular complexity index is 600. The first-order valence-corrected chi connectivity index (χ1v) is 8.80. The normalized spacial score (nSPS) is 21.4. The Morgan fingerprint density at radius 1 is 1.60 bits per heavy atom. The number of carbonyl (C=O) groups is 1. The van der Waals surface area contributed by atoms with Crippen LogP contribution in [-0.2, 0) is 15.0 Å². The summed E-state index contributed by atoms with van der Waals surface area (Å²) < 4.78 is 33.9. The van der Waals surface area contributed by atoms with Crippen LogP contribution in [0.1, 0.15) is 30.0 Å². The molecule has 0 spiro atoms. The zero-order chi connectivity index (χ0) is 14.9. The molecule has 1 amide bonds. The van der Waals surface area contributed by atoms with E-state index in [0.717, 1.165) is 10.7 Å². The summed E-state index contributed by atoms with van der Waals surface area (Å²) in [5.74, 6) is -1.03. The average molecular weight is 320 g/mol. The van der Waals surface area contributed by atoms with E-state index >= 15 is 0 Å². The van der Waals surface area contributed by atoms with Crippen molar-refractivity contribution in [2.45, 2.75) is 26.2 Å². The third kappa shape index (κ3) is 3.99. The number of aromatic nitrogens is 1. The third-order valence-electron chi connectivity index (χ3n) is 3.28. The fourth-order valence-electron chi connectivity index (χ4n) is 2.43. The van der Waals surface area contributed by atoms with Crippen LogP contribution in [0.5, 0.6) is 0 Å². The van der Waals surface area contributed by atoms with E-state index in [-0.39, 0.29) is 18.2 Å². The highest BCUT2D eigenvalue weighted by atomic mass is 32.3. The Labute approximate surface area is 122 Å². The molecule has 2 atom stereocenters. The van der Waals surface area contributed by atoms with E-state index in [1.165, 1.54) is 0 Å². The molecule has 1 aliphatic rings. The summed E-state index contributed by atoms with van der Waals surface area (Å²) in [6, 6.07) is 0. The maximum Gasteiger partial charge on any atom is 0.302 e. The summed E-state index contributed by atoms with van der Waals surface area (Å²) in [5.41, 5.74) is 0.950. The Kier molecular flexibility index (Phi) is 4.43. The van der Waals surface area contributed by atoms with E-state index in [1.807, 2.05) is 19.2 Å². The first-order chi connectivity index (χ1) is 9.24. The van der Waals surface area contributed by atoms with Crippen LogP contribution in [0.2, 0.25) is 0 Å². The summed E-state index contributed by atoms with van der Waals surface area (Å²) in [6.07, 6.45) is 0.104. The summed E-state index contributed by atoms with van der Waals surface area (Å²) in [5, 5.41) is 2.91. The van der Waals surface area contributed by atoms with Crippen LogP contribution in [-0.4, -0.2) is 43.1 Å². The molecule has 1 aromatic heterocycles. The molecular weight excluding hydrogens is 303 g/mol. The maximum atomic E-state index is 12.7. The Balaban J connectivity index is 1.95. The second-order valence-corrected chi connectivity index (χ2v) is 7.60. The van der Waals surface area contributed by atoms with Gasteiger partial charge in [-0.15, -0.1) is 15.2 Å². The highest BCUT2D eigenvalue weighted by Gasteiger charge is 2.33. The lowest BCUT2D eigenvalue weighted by atomic mass is 10.1. The average Bonchev–Trinajstić information content (AvgIpc) is 2.84. The molecule has 0 aliphatic carbocycles. The van der Waals surface area contributed by atoms with E-state index in [2.05, 4.69) is 4.98 Å². The SMILES string of the molecule is Cc1csc(C(C)CN2CC(CS(=O)(=O)F)CC2=O)n1. The Hall–Kier alpha value is -1.02. The van der Waals surface area contributed by atoms with Gasteiger partial charge in [0.15, 0.2) is 0 Å². The van der Waals surface area contributed by atoms with Gasteiger partial charge in [-0.2, -0.15) is 8.42 Å². The topological polar surface area (TPSA) is 67.3 Å². The molecular formula is C12H17FN2O3S2. The molecule has 1 aliphatic heterocycles. The highest BCUT2D eigenvalue weighted by molar-refractivity contribution is 7.86. The predicted molar refractivity (Wildman–Crippen MR) is 74.8 cm³/mol. The molecule has 1 fully saturated rings. The number of nitrogens with zero attached hydrogens (tertiary/aromatic N) is 2. The molecule has 0 bridgehead atoms. The highest BCUT2D eigenvalue weighted by Crippen LogP contribution is 2.25. The molecule has 5 nitrogen and oxygen atoms in total.